The summed E-state index contributed by atoms with van der Waals surface area (Å²) in [6.07, 6.45) is 0. The Bertz CT molecular complexity index is 781. The van der Waals surface area contributed by atoms with Crippen molar-refractivity contribution in [1.29, 1.82) is 0 Å². The van der Waals surface area contributed by atoms with Crippen molar-refractivity contribution in [1.82, 2.24) is 0 Å². The fourth-order valence-corrected chi connectivity index (χ4v) is 3.57. The van der Waals surface area contributed by atoms with E-state index in [-0.39, 0.29) is 9.92 Å². The molecule has 0 bridgehead atoms. The zero-order valence-corrected chi connectivity index (χ0v) is 14.1. The lowest BCUT2D eigenvalue weighted by atomic mass is 10.3. The molecule has 0 amide bonds. The number of nitrogens with two attached hydrogens (primary N) is 1. The van der Waals surface area contributed by atoms with Gasteiger partial charge in [0.2, 0.25) is 0 Å². The highest BCUT2D eigenvalue weighted by Crippen LogP contribution is 2.29. The maximum absolute atomic E-state index is 12.3. The van der Waals surface area contributed by atoms with Gasteiger partial charge in [-0.2, -0.15) is 0 Å². The van der Waals surface area contributed by atoms with Crippen LogP contribution in [-0.2, 0) is 10.0 Å². The van der Waals surface area contributed by atoms with Crippen molar-refractivity contribution < 1.29 is 13.2 Å². The van der Waals surface area contributed by atoms with E-state index < -0.39 is 10.0 Å². The van der Waals surface area contributed by atoms with Crippen LogP contribution in [-0.4, -0.2) is 15.5 Å². The van der Waals surface area contributed by atoms with Gasteiger partial charge in [-0.15, -0.1) is 0 Å². The Morgan fingerprint density at radius 3 is 2.52 bits per heavy atom. The quantitative estimate of drug-likeness (QED) is 0.782. The van der Waals surface area contributed by atoms with Crippen LogP contribution in [0.1, 0.15) is 0 Å². The highest BCUT2D eigenvalue weighted by Gasteiger charge is 2.16. The molecule has 21 heavy (non-hydrogen) atoms. The van der Waals surface area contributed by atoms with E-state index in [2.05, 4.69) is 20.7 Å². The first-order chi connectivity index (χ1) is 9.83. The zero-order valence-electron chi connectivity index (χ0n) is 10.9. The summed E-state index contributed by atoms with van der Waals surface area (Å²) >= 11 is 9.12. The van der Waals surface area contributed by atoms with Gasteiger partial charge in [0.25, 0.3) is 10.0 Å². The molecule has 8 heteroatoms. The second-order valence-electron chi connectivity index (χ2n) is 4.14. The topological polar surface area (TPSA) is 81.4 Å². The molecule has 0 unspecified atom stereocenters. The first-order valence-electron chi connectivity index (χ1n) is 5.75. The molecule has 3 N–H and O–H groups in total. The van der Waals surface area contributed by atoms with Gasteiger partial charge in [0.15, 0.2) is 0 Å². The minimum absolute atomic E-state index is 0.100. The Labute approximate surface area is 136 Å². The van der Waals surface area contributed by atoms with Gasteiger partial charge >= 0.3 is 0 Å². The number of sulfonamides is 1. The summed E-state index contributed by atoms with van der Waals surface area (Å²) in [5.74, 6) is 0.546. The minimum atomic E-state index is -3.73. The maximum Gasteiger partial charge on any atom is 0.261 e. The molecule has 0 radical (unpaired) electrons. The highest BCUT2D eigenvalue weighted by atomic mass is 79.9. The van der Waals surface area contributed by atoms with E-state index in [1.165, 1.54) is 37.4 Å². The van der Waals surface area contributed by atoms with Gasteiger partial charge in [-0.1, -0.05) is 11.6 Å². The van der Waals surface area contributed by atoms with Crippen LogP contribution in [0.3, 0.4) is 0 Å². The molecule has 2 aromatic carbocycles. The molecule has 0 aliphatic rings. The van der Waals surface area contributed by atoms with Crippen LogP contribution in [0.4, 0.5) is 11.4 Å². The predicted molar refractivity (Wildman–Crippen MR) is 87.4 cm³/mol. The lowest BCUT2D eigenvalue weighted by molar-refractivity contribution is 0.411. The molecular formula is C13H12BrClN2O3S. The van der Waals surface area contributed by atoms with Crippen LogP contribution >= 0.6 is 27.5 Å². The van der Waals surface area contributed by atoms with Crippen molar-refractivity contribution in [2.75, 3.05) is 17.6 Å². The smallest absolute Gasteiger partial charge is 0.261 e. The largest absolute Gasteiger partial charge is 0.496 e. The lowest BCUT2D eigenvalue weighted by Crippen LogP contribution is -2.13. The van der Waals surface area contributed by atoms with Crippen molar-refractivity contribution >= 4 is 48.9 Å². The predicted octanol–water partition coefficient (Wildman–Crippen LogP) is 3.49. The number of anilines is 2. The molecule has 5 nitrogen and oxygen atoms in total. The molecular weight excluding hydrogens is 380 g/mol. The third kappa shape index (κ3) is 3.61. The average Bonchev–Trinajstić information content (AvgIpc) is 2.42. The highest BCUT2D eigenvalue weighted by molar-refractivity contribution is 9.10. The van der Waals surface area contributed by atoms with Gasteiger partial charge in [-0.3, -0.25) is 4.72 Å². The second-order valence-corrected chi connectivity index (χ2v) is 7.08. The monoisotopic (exact) mass is 390 g/mol. The summed E-state index contributed by atoms with van der Waals surface area (Å²) in [5, 5.41) is 0.283. The Hall–Kier alpha value is -1.44. The van der Waals surface area contributed by atoms with Crippen molar-refractivity contribution in [2.45, 2.75) is 4.90 Å². The van der Waals surface area contributed by atoms with Crippen LogP contribution in [0, 0.1) is 0 Å². The summed E-state index contributed by atoms with van der Waals surface area (Å²) in [7, 11) is -2.22. The van der Waals surface area contributed by atoms with Crippen molar-refractivity contribution in [3.05, 3.63) is 45.9 Å². The number of benzene rings is 2. The zero-order chi connectivity index (χ0) is 15.6. The van der Waals surface area contributed by atoms with Gasteiger partial charge in [-0.05, 0) is 52.3 Å². The van der Waals surface area contributed by atoms with E-state index in [0.717, 1.165) is 0 Å². The van der Waals surface area contributed by atoms with Crippen LogP contribution in [0.15, 0.2) is 45.8 Å². The molecule has 0 aliphatic carbocycles. The Kier molecular flexibility index (Phi) is 4.65. The summed E-state index contributed by atoms with van der Waals surface area (Å²) in [6.45, 7) is 0. The molecule has 0 fully saturated rings. The molecule has 2 rings (SSSR count). The van der Waals surface area contributed by atoms with Gasteiger partial charge < -0.3 is 10.5 Å². The van der Waals surface area contributed by atoms with E-state index in [0.29, 0.717) is 21.6 Å². The van der Waals surface area contributed by atoms with Gasteiger partial charge in [0.05, 0.1) is 32.9 Å². The summed E-state index contributed by atoms with van der Waals surface area (Å²) in [4.78, 5) is 0.100. The van der Waals surface area contributed by atoms with Gasteiger partial charge in [0.1, 0.15) is 5.75 Å². The number of hydrogen-bond donors (Lipinski definition) is 2. The standard InChI is InChI=1S/C13H12BrClN2O3S/c1-20-13-5-3-9(7-10(13)14)21(18,19)17-8-2-4-12(16)11(15)6-8/h2-7,17H,16H2,1H3. The van der Waals surface area contributed by atoms with Crippen molar-refractivity contribution in [3.63, 3.8) is 0 Å². The Morgan fingerprint density at radius 1 is 1.24 bits per heavy atom. The third-order valence-electron chi connectivity index (χ3n) is 2.69. The molecule has 2 aromatic rings. The van der Waals surface area contributed by atoms with Crippen molar-refractivity contribution in [3.8, 4) is 5.75 Å². The average molecular weight is 392 g/mol. The Morgan fingerprint density at radius 2 is 1.95 bits per heavy atom. The minimum Gasteiger partial charge on any atom is -0.496 e. The van der Waals surface area contributed by atoms with Crippen LogP contribution in [0.2, 0.25) is 5.02 Å². The summed E-state index contributed by atoms with van der Waals surface area (Å²) in [6, 6.07) is 8.99. The molecule has 0 saturated carbocycles. The summed E-state index contributed by atoms with van der Waals surface area (Å²) < 4.78 is 32.7. The number of nitrogens with one attached hydrogen (secondary N) is 1. The molecule has 0 spiro atoms. The number of halogens is 2. The first-order valence-corrected chi connectivity index (χ1v) is 8.40. The van der Waals surface area contributed by atoms with E-state index in [4.69, 9.17) is 22.1 Å². The lowest BCUT2D eigenvalue weighted by Gasteiger charge is -2.10. The number of hydrogen-bond acceptors (Lipinski definition) is 4. The molecule has 0 atom stereocenters. The molecule has 0 heterocycles. The first kappa shape index (κ1) is 15.9. The van der Waals surface area contributed by atoms with Crippen LogP contribution in [0.5, 0.6) is 5.75 Å². The number of ether oxygens (including phenoxy) is 1. The van der Waals surface area contributed by atoms with E-state index >= 15 is 0 Å². The molecule has 0 saturated heterocycles. The number of nitrogen functional groups attached to an aromatic ring is 1. The molecule has 0 aliphatic heterocycles. The fraction of sp³-hybridized carbons (Fsp3) is 0.0769. The van der Waals surface area contributed by atoms with Crippen LogP contribution < -0.4 is 15.2 Å². The van der Waals surface area contributed by atoms with E-state index in [9.17, 15) is 8.42 Å². The van der Waals surface area contributed by atoms with Gasteiger partial charge in [-0.25, -0.2) is 8.42 Å². The molecule has 112 valence electrons. The fourth-order valence-electron chi connectivity index (χ4n) is 1.62. The van der Waals surface area contributed by atoms with E-state index in [1.54, 1.807) is 6.07 Å². The van der Waals surface area contributed by atoms with Gasteiger partial charge in [0, 0.05) is 0 Å². The normalized spacial score (nSPS) is 11.2. The SMILES string of the molecule is COc1ccc(S(=O)(=O)Nc2ccc(N)c(Cl)c2)cc1Br. The summed E-state index contributed by atoms with van der Waals surface area (Å²) in [5.41, 5.74) is 6.30. The van der Waals surface area contributed by atoms with Crippen LogP contribution in [0.25, 0.3) is 0 Å². The number of methoxy groups -OCH3 is 1. The maximum atomic E-state index is 12.3. The van der Waals surface area contributed by atoms with Crippen molar-refractivity contribution in [2.24, 2.45) is 0 Å². The van der Waals surface area contributed by atoms with E-state index in [1.807, 2.05) is 0 Å². The second kappa shape index (κ2) is 6.13. The number of rotatable bonds is 4. The Balaban J connectivity index is 2.33. The third-order valence-corrected chi connectivity index (χ3v) is 5.01. The molecule has 0 aromatic heterocycles.